The van der Waals surface area contributed by atoms with Gasteiger partial charge in [0.05, 0.1) is 45.1 Å². The number of aromatic nitrogens is 4. The standard InChI is InChI=1S/C39H45Cl2FN10/c1-39(2,3)51-14-11-30(12-15-51)52-24-35(48-49-52)37(26-8-6-7-25(17-26)22-44-13-16-50(4)5)47-29-18-31-36(46-28-9-10-34(42)32(40)19-28)27(21-43)23-45-38(31)33(41)20-29/h6-10,17-20,23-24,30,37,44,47H,11-16,22H2,1-5H3,(H,45,46). The lowest BCUT2D eigenvalue weighted by atomic mass is 9.98. The lowest BCUT2D eigenvalue weighted by Gasteiger charge is -2.40. The first-order chi connectivity index (χ1) is 24.9. The number of halogens is 3. The second kappa shape index (κ2) is 16.1. The van der Waals surface area contributed by atoms with E-state index < -0.39 is 5.82 Å². The van der Waals surface area contributed by atoms with Gasteiger partial charge in [-0.25, -0.2) is 9.07 Å². The average Bonchev–Trinajstić information content (AvgIpc) is 3.61. The number of benzene rings is 3. The van der Waals surface area contributed by atoms with Crippen LogP contribution in [0.2, 0.25) is 10.0 Å². The molecule has 0 amide bonds. The maximum absolute atomic E-state index is 14.0. The molecule has 0 radical (unpaired) electrons. The average molecular weight is 744 g/mol. The molecule has 10 nitrogen and oxygen atoms in total. The van der Waals surface area contributed by atoms with Gasteiger partial charge >= 0.3 is 0 Å². The summed E-state index contributed by atoms with van der Waals surface area (Å²) in [4.78, 5) is 9.18. The topological polar surface area (TPSA) is 110 Å². The molecular weight excluding hydrogens is 698 g/mol. The van der Waals surface area contributed by atoms with E-state index in [1.54, 1.807) is 6.07 Å². The van der Waals surface area contributed by atoms with Gasteiger partial charge in [0.1, 0.15) is 17.6 Å². The lowest BCUT2D eigenvalue weighted by molar-refractivity contribution is 0.0866. The second-order valence-corrected chi connectivity index (χ2v) is 15.4. The van der Waals surface area contributed by atoms with Gasteiger partial charge in [-0.1, -0.05) is 52.7 Å². The van der Waals surface area contributed by atoms with E-state index in [4.69, 9.17) is 28.3 Å². The molecular formula is C39H45Cl2FN10. The first-order valence-corrected chi connectivity index (χ1v) is 18.3. The summed E-state index contributed by atoms with van der Waals surface area (Å²) in [6, 6.07) is 18.6. The summed E-state index contributed by atoms with van der Waals surface area (Å²) in [7, 11) is 4.13. The quantitative estimate of drug-likeness (QED) is 0.109. The number of nitrogens with one attached hydrogen (secondary N) is 3. The number of anilines is 3. The predicted molar refractivity (Wildman–Crippen MR) is 208 cm³/mol. The van der Waals surface area contributed by atoms with Gasteiger partial charge in [0, 0.05) is 61.2 Å². The van der Waals surface area contributed by atoms with Crippen molar-refractivity contribution in [3.05, 3.63) is 105 Å². The molecule has 0 spiro atoms. The van der Waals surface area contributed by atoms with Gasteiger partial charge in [0.25, 0.3) is 0 Å². The first-order valence-electron chi connectivity index (χ1n) is 17.5. The molecule has 2 aromatic heterocycles. The van der Waals surface area contributed by atoms with Gasteiger partial charge in [0.15, 0.2) is 0 Å². The van der Waals surface area contributed by atoms with Crippen molar-refractivity contribution in [3.8, 4) is 6.07 Å². The molecule has 3 N–H and O–H groups in total. The van der Waals surface area contributed by atoms with E-state index in [0.717, 1.165) is 62.4 Å². The highest BCUT2D eigenvalue weighted by Gasteiger charge is 2.29. The van der Waals surface area contributed by atoms with Gasteiger partial charge < -0.3 is 20.9 Å². The fourth-order valence-corrected chi connectivity index (χ4v) is 7.04. The van der Waals surface area contributed by atoms with E-state index >= 15 is 0 Å². The second-order valence-electron chi connectivity index (χ2n) is 14.6. The van der Waals surface area contributed by atoms with E-state index in [9.17, 15) is 9.65 Å². The Morgan fingerprint density at radius 3 is 2.52 bits per heavy atom. The summed E-state index contributed by atoms with van der Waals surface area (Å²) >= 11 is 13.0. The minimum Gasteiger partial charge on any atom is -0.373 e. The molecule has 1 fully saturated rings. The molecule has 13 heteroatoms. The summed E-state index contributed by atoms with van der Waals surface area (Å²) in [5, 5.41) is 30.9. The summed E-state index contributed by atoms with van der Waals surface area (Å²) < 4.78 is 16.0. The summed E-state index contributed by atoms with van der Waals surface area (Å²) in [5.41, 5.74) is 5.57. The number of fused-ring (bicyclic) bond motifs is 1. The van der Waals surface area contributed by atoms with Crippen molar-refractivity contribution >= 4 is 51.2 Å². The van der Waals surface area contributed by atoms with Crippen LogP contribution >= 0.6 is 23.2 Å². The van der Waals surface area contributed by atoms with E-state index in [-0.39, 0.29) is 22.6 Å². The SMILES string of the molecule is CN(C)CCNCc1cccc(C(Nc2cc(Cl)c3ncc(C#N)c(Nc4ccc(F)c(Cl)c4)c3c2)c2cn(C3CCN(C(C)(C)C)CC3)nn2)c1. The van der Waals surface area contributed by atoms with E-state index in [1.807, 2.05) is 16.8 Å². The molecule has 3 heterocycles. The Hall–Kier alpha value is -4.31. The third-order valence-corrected chi connectivity index (χ3v) is 10.1. The van der Waals surface area contributed by atoms with Gasteiger partial charge in [-0.3, -0.25) is 9.88 Å². The van der Waals surface area contributed by atoms with Crippen molar-refractivity contribution in [2.75, 3.05) is 50.9 Å². The van der Waals surface area contributed by atoms with Crippen molar-refractivity contribution in [3.63, 3.8) is 0 Å². The van der Waals surface area contributed by atoms with Crippen LogP contribution in [0.25, 0.3) is 10.9 Å². The fraction of sp³-hybridized carbons (Fsp3) is 0.385. The molecule has 0 bridgehead atoms. The number of piperidine rings is 1. The maximum Gasteiger partial charge on any atom is 0.141 e. The third kappa shape index (κ3) is 8.82. The summed E-state index contributed by atoms with van der Waals surface area (Å²) in [6.45, 7) is 11.3. The molecule has 3 aromatic carbocycles. The largest absolute Gasteiger partial charge is 0.373 e. The molecule has 52 heavy (non-hydrogen) atoms. The number of nitriles is 1. The first kappa shape index (κ1) is 37.4. The number of hydrogen-bond acceptors (Lipinski definition) is 9. The predicted octanol–water partition coefficient (Wildman–Crippen LogP) is 8.18. The minimum absolute atomic E-state index is 0.0342. The molecule has 6 rings (SSSR count). The van der Waals surface area contributed by atoms with Gasteiger partial charge in [0.2, 0.25) is 0 Å². The van der Waals surface area contributed by atoms with Crippen molar-refractivity contribution in [1.29, 1.82) is 5.26 Å². The smallest absolute Gasteiger partial charge is 0.141 e. The fourth-order valence-electron chi connectivity index (χ4n) is 6.60. The summed E-state index contributed by atoms with van der Waals surface area (Å²) in [6.07, 6.45) is 5.52. The molecule has 1 aliphatic heterocycles. The number of hydrogen-bond donors (Lipinski definition) is 3. The van der Waals surface area contributed by atoms with Crippen LogP contribution in [-0.2, 0) is 6.54 Å². The van der Waals surface area contributed by atoms with Crippen molar-refractivity contribution in [2.24, 2.45) is 0 Å². The lowest BCUT2D eigenvalue weighted by Crippen LogP contribution is -2.46. The van der Waals surface area contributed by atoms with Crippen LogP contribution in [0, 0.1) is 17.1 Å². The van der Waals surface area contributed by atoms with Crippen LogP contribution in [0.3, 0.4) is 0 Å². The molecule has 1 aliphatic rings. The Kier molecular flexibility index (Phi) is 11.6. The molecule has 5 aromatic rings. The zero-order chi connectivity index (χ0) is 37.0. The number of likely N-dealkylation sites (tertiary alicyclic amines) is 1. The number of pyridine rings is 1. The van der Waals surface area contributed by atoms with Crippen LogP contribution in [0.5, 0.6) is 0 Å². The van der Waals surface area contributed by atoms with Gasteiger partial charge in [-0.15, -0.1) is 5.10 Å². The van der Waals surface area contributed by atoms with E-state index in [0.29, 0.717) is 38.6 Å². The van der Waals surface area contributed by atoms with Crippen LogP contribution < -0.4 is 16.0 Å². The zero-order valence-corrected chi connectivity index (χ0v) is 31.7. The molecule has 1 atom stereocenters. The Labute approximate surface area is 314 Å². The molecule has 0 saturated carbocycles. The number of rotatable bonds is 12. The van der Waals surface area contributed by atoms with Gasteiger partial charge in [-0.2, -0.15) is 5.26 Å². The Bertz CT molecular complexity index is 2060. The van der Waals surface area contributed by atoms with Crippen molar-refractivity contribution < 1.29 is 4.39 Å². The normalized spacial score (nSPS) is 14.8. The molecule has 1 unspecified atom stereocenters. The van der Waals surface area contributed by atoms with Crippen LogP contribution in [0.15, 0.2) is 67.0 Å². The van der Waals surface area contributed by atoms with E-state index in [1.165, 1.54) is 18.3 Å². The Balaban J connectivity index is 1.36. The minimum atomic E-state index is -0.534. The maximum atomic E-state index is 14.0. The summed E-state index contributed by atoms with van der Waals surface area (Å²) in [5.74, 6) is -0.534. The Morgan fingerprint density at radius 2 is 1.81 bits per heavy atom. The van der Waals surface area contributed by atoms with Crippen LogP contribution in [-0.4, -0.2) is 75.6 Å². The molecule has 1 saturated heterocycles. The highest BCUT2D eigenvalue weighted by Crippen LogP contribution is 2.37. The van der Waals surface area contributed by atoms with Crippen LogP contribution in [0.1, 0.15) is 68.1 Å². The monoisotopic (exact) mass is 742 g/mol. The van der Waals surface area contributed by atoms with Crippen LogP contribution in [0.4, 0.5) is 21.5 Å². The zero-order valence-electron chi connectivity index (χ0n) is 30.2. The highest BCUT2D eigenvalue weighted by molar-refractivity contribution is 6.36. The third-order valence-electron chi connectivity index (χ3n) is 9.51. The molecule has 272 valence electrons. The highest BCUT2D eigenvalue weighted by atomic mass is 35.5. The number of likely N-dealkylation sites (N-methyl/N-ethyl adjacent to an activating group) is 1. The number of nitrogens with zero attached hydrogens (tertiary/aromatic N) is 7. The van der Waals surface area contributed by atoms with Gasteiger partial charge in [-0.05, 0) is 89.2 Å². The molecule has 0 aliphatic carbocycles. The van der Waals surface area contributed by atoms with Crippen molar-refractivity contribution in [1.82, 2.24) is 35.1 Å². The van der Waals surface area contributed by atoms with E-state index in [2.05, 4.69) is 107 Å². The van der Waals surface area contributed by atoms with Crippen molar-refractivity contribution in [2.45, 2.75) is 57.8 Å². The Morgan fingerprint density at radius 1 is 1.04 bits per heavy atom.